The van der Waals surface area contributed by atoms with Gasteiger partial charge >= 0.3 is 0 Å². The Bertz CT molecular complexity index is 341. The molecule has 0 spiro atoms. The number of rotatable bonds is 8. The highest BCUT2D eigenvalue weighted by atomic mass is 16.5. The lowest BCUT2D eigenvalue weighted by Gasteiger charge is -2.22. The van der Waals surface area contributed by atoms with Crippen molar-refractivity contribution in [3.8, 4) is 5.75 Å². The zero-order valence-corrected chi connectivity index (χ0v) is 11.6. The zero-order chi connectivity index (χ0) is 13.4. The van der Waals surface area contributed by atoms with Gasteiger partial charge in [-0.05, 0) is 37.8 Å². The van der Waals surface area contributed by atoms with E-state index in [9.17, 15) is 0 Å². The summed E-state index contributed by atoms with van der Waals surface area (Å²) in [5, 5.41) is 12.5. The maximum atomic E-state index is 8.99. The Morgan fingerprint density at radius 3 is 2.67 bits per heavy atom. The van der Waals surface area contributed by atoms with Crippen molar-refractivity contribution in [3.63, 3.8) is 0 Å². The first-order chi connectivity index (χ1) is 8.71. The number of hydrogen-bond donors (Lipinski definition) is 2. The molecule has 102 valence electrons. The van der Waals surface area contributed by atoms with Gasteiger partial charge in [0.05, 0.1) is 7.11 Å². The third-order valence-electron chi connectivity index (χ3n) is 3.21. The molecular formula is C15H25NO2. The molecule has 0 radical (unpaired) electrons. The zero-order valence-electron chi connectivity index (χ0n) is 11.6. The molecule has 1 rings (SSSR count). The summed E-state index contributed by atoms with van der Waals surface area (Å²) in [5.41, 5.74) is 1.22. The van der Waals surface area contributed by atoms with Gasteiger partial charge in [0, 0.05) is 18.7 Å². The summed E-state index contributed by atoms with van der Waals surface area (Å²) in [6, 6.07) is 8.88. The van der Waals surface area contributed by atoms with Crippen molar-refractivity contribution < 1.29 is 9.84 Å². The van der Waals surface area contributed by atoms with Crippen LogP contribution >= 0.6 is 0 Å². The minimum atomic E-state index is 0.243. The highest BCUT2D eigenvalue weighted by molar-refractivity contribution is 5.33. The fourth-order valence-corrected chi connectivity index (χ4v) is 2.22. The van der Waals surface area contributed by atoms with Crippen molar-refractivity contribution in [2.75, 3.05) is 13.7 Å². The number of para-hydroxylation sites is 1. The summed E-state index contributed by atoms with van der Waals surface area (Å²) < 4.78 is 5.36. The summed E-state index contributed by atoms with van der Waals surface area (Å²) in [4.78, 5) is 0. The minimum Gasteiger partial charge on any atom is -0.496 e. The topological polar surface area (TPSA) is 41.5 Å². The molecule has 0 aliphatic carbocycles. The Morgan fingerprint density at radius 2 is 2.06 bits per heavy atom. The maximum absolute atomic E-state index is 8.99. The van der Waals surface area contributed by atoms with Crippen LogP contribution in [0, 0.1) is 0 Å². The number of methoxy groups -OCH3 is 1. The van der Waals surface area contributed by atoms with Gasteiger partial charge in [0.2, 0.25) is 0 Å². The molecule has 0 bridgehead atoms. The molecular weight excluding hydrogens is 226 g/mol. The van der Waals surface area contributed by atoms with E-state index in [1.54, 1.807) is 7.11 Å². The van der Waals surface area contributed by atoms with Crippen LogP contribution in [0.25, 0.3) is 0 Å². The predicted molar refractivity (Wildman–Crippen MR) is 75.1 cm³/mol. The van der Waals surface area contributed by atoms with Crippen molar-refractivity contribution in [3.05, 3.63) is 29.8 Å². The molecule has 0 fully saturated rings. The van der Waals surface area contributed by atoms with Crippen LogP contribution in [-0.2, 0) is 6.42 Å². The van der Waals surface area contributed by atoms with Gasteiger partial charge in [-0.15, -0.1) is 0 Å². The van der Waals surface area contributed by atoms with Gasteiger partial charge in [0.25, 0.3) is 0 Å². The Balaban J connectivity index is 2.55. The van der Waals surface area contributed by atoms with E-state index in [0.717, 1.165) is 25.0 Å². The van der Waals surface area contributed by atoms with Gasteiger partial charge in [0.1, 0.15) is 5.75 Å². The first-order valence-electron chi connectivity index (χ1n) is 6.70. The molecule has 18 heavy (non-hydrogen) atoms. The van der Waals surface area contributed by atoms with Crippen LogP contribution in [0.2, 0.25) is 0 Å². The SMILES string of the molecule is CCC(CCO)NC(C)Cc1ccccc1OC. The number of nitrogens with one attached hydrogen (secondary N) is 1. The van der Waals surface area contributed by atoms with E-state index < -0.39 is 0 Å². The summed E-state index contributed by atoms with van der Waals surface area (Å²) in [6.07, 6.45) is 2.79. The standard InChI is InChI=1S/C15H25NO2/c1-4-14(9-10-17)16-12(2)11-13-7-5-6-8-15(13)18-3/h5-8,12,14,16-17H,4,9-11H2,1-3H3. The van der Waals surface area contributed by atoms with Crippen molar-refractivity contribution in [1.29, 1.82) is 0 Å². The van der Waals surface area contributed by atoms with E-state index in [1.807, 2.05) is 18.2 Å². The second-order valence-electron chi connectivity index (χ2n) is 4.70. The van der Waals surface area contributed by atoms with Crippen molar-refractivity contribution in [2.45, 2.75) is 45.2 Å². The fourth-order valence-electron chi connectivity index (χ4n) is 2.22. The highest BCUT2D eigenvalue weighted by Crippen LogP contribution is 2.19. The largest absolute Gasteiger partial charge is 0.496 e. The van der Waals surface area contributed by atoms with E-state index in [-0.39, 0.29) is 6.61 Å². The van der Waals surface area contributed by atoms with Crippen LogP contribution in [0.5, 0.6) is 5.75 Å². The molecule has 0 aliphatic heterocycles. The van der Waals surface area contributed by atoms with Gasteiger partial charge in [-0.3, -0.25) is 0 Å². The Kier molecular flexibility index (Phi) is 6.76. The maximum Gasteiger partial charge on any atom is 0.122 e. The second-order valence-corrected chi connectivity index (χ2v) is 4.70. The molecule has 3 nitrogen and oxygen atoms in total. The fraction of sp³-hybridized carbons (Fsp3) is 0.600. The van der Waals surface area contributed by atoms with Gasteiger partial charge in [-0.2, -0.15) is 0 Å². The molecule has 2 atom stereocenters. The van der Waals surface area contributed by atoms with Gasteiger partial charge in [-0.1, -0.05) is 25.1 Å². The van der Waals surface area contributed by atoms with Crippen LogP contribution in [0.4, 0.5) is 0 Å². The lowest BCUT2D eigenvalue weighted by Crippen LogP contribution is -2.38. The normalized spacial score (nSPS) is 14.2. The van der Waals surface area contributed by atoms with Crippen LogP contribution < -0.4 is 10.1 Å². The van der Waals surface area contributed by atoms with Gasteiger partial charge < -0.3 is 15.2 Å². The Hall–Kier alpha value is -1.06. The van der Waals surface area contributed by atoms with Crippen LogP contribution in [0.1, 0.15) is 32.3 Å². The lowest BCUT2D eigenvalue weighted by atomic mass is 10.0. The third-order valence-corrected chi connectivity index (χ3v) is 3.21. The summed E-state index contributed by atoms with van der Waals surface area (Å²) >= 11 is 0. The molecule has 3 heteroatoms. The van der Waals surface area contributed by atoms with Gasteiger partial charge in [0.15, 0.2) is 0 Å². The molecule has 0 saturated carbocycles. The molecule has 2 unspecified atom stereocenters. The molecule has 0 saturated heterocycles. The van der Waals surface area contributed by atoms with Crippen molar-refractivity contribution in [2.24, 2.45) is 0 Å². The van der Waals surface area contributed by atoms with E-state index >= 15 is 0 Å². The van der Waals surface area contributed by atoms with Crippen molar-refractivity contribution >= 4 is 0 Å². The summed E-state index contributed by atoms with van der Waals surface area (Å²) in [6.45, 7) is 4.56. The molecule has 2 N–H and O–H groups in total. The Labute approximate surface area is 110 Å². The third kappa shape index (κ3) is 4.67. The number of ether oxygens (including phenoxy) is 1. The second kappa shape index (κ2) is 8.11. The van der Waals surface area contributed by atoms with Gasteiger partial charge in [-0.25, -0.2) is 0 Å². The number of hydrogen-bond acceptors (Lipinski definition) is 3. The smallest absolute Gasteiger partial charge is 0.122 e. The number of aliphatic hydroxyl groups excluding tert-OH is 1. The van der Waals surface area contributed by atoms with Crippen LogP contribution in [0.3, 0.4) is 0 Å². The average Bonchev–Trinajstić information content (AvgIpc) is 2.38. The van der Waals surface area contributed by atoms with E-state index in [2.05, 4.69) is 25.2 Å². The monoisotopic (exact) mass is 251 g/mol. The lowest BCUT2D eigenvalue weighted by molar-refractivity contribution is 0.256. The van der Waals surface area contributed by atoms with Crippen LogP contribution in [0.15, 0.2) is 24.3 Å². The molecule has 1 aromatic rings. The molecule has 1 aromatic carbocycles. The van der Waals surface area contributed by atoms with Crippen LogP contribution in [-0.4, -0.2) is 30.9 Å². The summed E-state index contributed by atoms with van der Waals surface area (Å²) in [7, 11) is 1.71. The predicted octanol–water partition coefficient (Wildman–Crippen LogP) is 2.38. The first-order valence-corrected chi connectivity index (χ1v) is 6.70. The average molecular weight is 251 g/mol. The summed E-state index contributed by atoms with van der Waals surface area (Å²) in [5.74, 6) is 0.946. The Morgan fingerprint density at radius 1 is 1.33 bits per heavy atom. The first kappa shape index (κ1) is 15.0. The molecule has 0 aliphatic rings. The van der Waals surface area contributed by atoms with E-state index in [0.29, 0.717) is 12.1 Å². The number of benzene rings is 1. The molecule has 0 amide bonds. The van der Waals surface area contributed by atoms with Crippen molar-refractivity contribution in [1.82, 2.24) is 5.32 Å². The minimum absolute atomic E-state index is 0.243. The molecule has 0 heterocycles. The quantitative estimate of drug-likeness (QED) is 0.745. The number of aliphatic hydroxyl groups is 1. The highest BCUT2D eigenvalue weighted by Gasteiger charge is 2.12. The van der Waals surface area contributed by atoms with E-state index in [1.165, 1.54) is 5.56 Å². The van der Waals surface area contributed by atoms with E-state index in [4.69, 9.17) is 9.84 Å². The molecule has 0 aromatic heterocycles.